The van der Waals surface area contributed by atoms with Gasteiger partial charge in [-0.25, -0.2) is 4.68 Å². The lowest BCUT2D eigenvalue weighted by atomic mass is 10.3. The van der Waals surface area contributed by atoms with Crippen molar-refractivity contribution in [1.82, 2.24) is 9.78 Å². The third-order valence-electron chi connectivity index (χ3n) is 2.84. The predicted molar refractivity (Wildman–Crippen MR) is 85.3 cm³/mol. The Bertz CT molecular complexity index is 449. The first-order chi connectivity index (χ1) is 9.70. The van der Waals surface area contributed by atoms with E-state index in [1.807, 2.05) is 0 Å². The summed E-state index contributed by atoms with van der Waals surface area (Å²) in [4.78, 5) is 12.1. The summed E-state index contributed by atoms with van der Waals surface area (Å²) in [6, 6.07) is 0. The van der Waals surface area contributed by atoms with Crippen LogP contribution in [0.4, 0.5) is 5.69 Å². The van der Waals surface area contributed by atoms with Crippen molar-refractivity contribution in [2.45, 2.75) is 46.1 Å². The summed E-state index contributed by atoms with van der Waals surface area (Å²) in [5.41, 5.74) is 0.670. The summed E-state index contributed by atoms with van der Waals surface area (Å²) in [7, 11) is 0. The van der Waals surface area contributed by atoms with Crippen LogP contribution in [0.5, 0.6) is 0 Å². The maximum atomic E-state index is 12.1. The van der Waals surface area contributed by atoms with Gasteiger partial charge in [-0.2, -0.15) is 5.10 Å². The molecule has 20 heavy (non-hydrogen) atoms. The molecular weight excluding hydrogens is 322 g/mol. The van der Waals surface area contributed by atoms with Crippen LogP contribution < -0.4 is 10.9 Å². The fourth-order valence-corrected chi connectivity index (χ4v) is 2.15. The van der Waals surface area contributed by atoms with E-state index in [9.17, 15) is 4.79 Å². The Morgan fingerprint density at radius 1 is 1.30 bits per heavy atom. The highest BCUT2D eigenvalue weighted by Gasteiger charge is 2.07. The van der Waals surface area contributed by atoms with E-state index < -0.39 is 0 Å². The first kappa shape index (κ1) is 17.2. The lowest BCUT2D eigenvalue weighted by molar-refractivity contribution is 0.134. The number of aryl methyl sites for hydroxylation is 1. The Hall–Kier alpha value is -0.880. The van der Waals surface area contributed by atoms with Crippen molar-refractivity contribution in [2.75, 3.05) is 25.1 Å². The van der Waals surface area contributed by atoms with E-state index in [4.69, 9.17) is 4.74 Å². The number of unbranched alkanes of at least 4 members (excludes halogenated alkanes) is 1. The second-order valence-corrected chi connectivity index (χ2v) is 5.44. The van der Waals surface area contributed by atoms with E-state index >= 15 is 0 Å². The van der Waals surface area contributed by atoms with E-state index in [2.05, 4.69) is 40.2 Å². The van der Waals surface area contributed by atoms with Crippen LogP contribution in [0.1, 0.15) is 39.5 Å². The van der Waals surface area contributed by atoms with Crippen LogP contribution in [-0.4, -0.2) is 29.5 Å². The van der Waals surface area contributed by atoms with E-state index in [1.165, 1.54) is 4.68 Å². The molecule has 1 aromatic rings. The number of halogens is 1. The standard InChI is InChI=1S/C14H24BrN3O2/c1-3-5-8-18-14(19)13(15)12(11-17-18)16-7-6-10-20-9-4-2/h11,16H,3-10H2,1-2H3. The Morgan fingerprint density at radius 3 is 2.80 bits per heavy atom. The van der Waals surface area contributed by atoms with Crippen molar-refractivity contribution >= 4 is 21.6 Å². The third kappa shape index (κ3) is 5.63. The summed E-state index contributed by atoms with van der Waals surface area (Å²) in [6.45, 7) is 7.16. The maximum Gasteiger partial charge on any atom is 0.283 e. The molecule has 1 heterocycles. The van der Waals surface area contributed by atoms with Crippen molar-refractivity contribution in [3.8, 4) is 0 Å². The molecule has 0 saturated carbocycles. The molecule has 5 nitrogen and oxygen atoms in total. The zero-order chi connectivity index (χ0) is 14.8. The molecule has 1 N–H and O–H groups in total. The number of hydrogen-bond acceptors (Lipinski definition) is 4. The molecule has 0 unspecified atom stereocenters. The molecule has 0 bridgehead atoms. The topological polar surface area (TPSA) is 56.1 Å². The number of aromatic nitrogens is 2. The molecule has 0 aliphatic carbocycles. The van der Waals surface area contributed by atoms with Gasteiger partial charge in [0.05, 0.1) is 11.9 Å². The normalized spacial score (nSPS) is 10.8. The van der Waals surface area contributed by atoms with Crippen LogP contribution in [0.3, 0.4) is 0 Å². The molecule has 0 aliphatic rings. The molecule has 0 aliphatic heterocycles. The van der Waals surface area contributed by atoms with Crippen LogP contribution in [0.15, 0.2) is 15.5 Å². The first-order valence-electron chi connectivity index (χ1n) is 7.27. The number of nitrogens with zero attached hydrogens (tertiary/aromatic N) is 2. The minimum absolute atomic E-state index is 0.0781. The van der Waals surface area contributed by atoms with Crippen molar-refractivity contribution in [3.63, 3.8) is 0 Å². The predicted octanol–water partition coefficient (Wildman–Crippen LogP) is 3.03. The van der Waals surface area contributed by atoms with E-state index in [0.717, 1.165) is 51.1 Å². The number of ether oxygens (including phenoxy) is 1. The molecule has 0 aromatic carbocycles. The fraction of sp³-hybridized carbons (Fsp3) is 0.714. The van der Waals surface area contributed by atoms with E-state index in [-0.39, 0.29) is 5.56 Å². The minimum atomic E-state index is -0.0781. The Morgan fingerprint density at radius 2 is 2.10 bits per heavy atom. The largest absolute Gasteiger partial charge is 0.383 e. The first-order valence-corrected chi connectivity index (χ1v) is 8.07. The second-order valence-electron chi connectivity index (χ2n) is 4.65. The molecule has 0 radical (unpaired) electrons. The number of anilines is 1. The Kier molecular flexibility index (Phi) is 8.53. The van der Waals surface area contributed by atoms with Gasteiger partial charge in [0.2, 0.25) is 0 Å². The highest BCUT2D eigenvalue weighted by molar-refractivity contribution is 9.10. The third-order valence-corrected chi connectivity index (χ3v) is 3.60. The summed E-state index contributed by atoms with van der Waals surface area (Å²) < 4.78 is 7.46. The summed E-state index contributed by atoms with van der Waals surface area (Å²) in [6.07, 6.45) is 5.66. The van der Waals surface area contributed by atoms with Gasteiger partial charge >= 0.3 is 0 Å². The zero-order valence-electron chi connectivity index (χ0n) is 12.3. The van der Waals surface area contributed by atoms with Crippen LogP contribution in [-0.2, 0) is 11.3 Å². The van der Waals surface area contributed by atoms with Gasteiger partial charge in [-0.3, -0.25) is 4.79 Å². The number of rotatable bonds is 10. The highest BCUT2D eigenvalue weighted by Crippen LogP contribution is 2.16. The van der Waals surface area contributed by atoms with Crippen LogP contribution in [0, 0.1) is 0 Å². The van der Waals surface area contributed by atoms with Gasteiger partial charge in [0.25, 0.3) is 5.56 Å². The molecule has 0 atom stereocenters. The zero-order valence-corrected chi connectivity index (χ0v) is 13.9. The molecule has 6 heteroatoms. The molecule has 0 amide bonds. The van der Waals surface area contributed by atoms with Gasteiger partial charge in [-0.1, -0.05) is 20.3 Å². The van der Waals surface area contributed by atoms with Gasteiger partial charge in [0, 0.05) is 26.3 Å². The molecule has 0 spiro atoms. The lowest BCUT2D eigenvalue weighted by Crippen LogP contribution is -2.24. The maximum absolute atomic E-state index is 12.1. The molecule has 0 saturated heterocycles. The molecule has 114 valence electrons. The van der Waals surface area contributed by atoms with Gasteiger partial charge in [0.1, 0.15) is 4.47 Å². The molecular formula is C14H24BrN3O2. The summed E-state index contributed by atoms with van der Waals surface area (Å²) in [5.74, 6) is 0. The quantitative estimate of drug-likeness (QED) is 0.662. The number of hydrogen-bond donors (Lipinski definition) is 1. The fourth-order valence-electron chi connectivity index (χ4n) is 1.70. The van der Waals surface area contributed by atoms with Gasteiger partial charge in [0.15, 0.2) is 0 Å². The van der Waals surface area contributed by atoms with E-state index in [1.54, 1.807) is 6.20 Å². The smallest absolute Gasteiger partial charge is 0.283 e. The van der Waals surface area contributed by atoms with Crippen LogP contribution >= 0.6 is 15.9 Å². The van der Waals surface area contributed by atoms with Gasteiger partial charge in [-0.05, 0) is 35.2 Å². The van der Waals surface area contributed by atoms with Gasteiger partial charge in [-0.15, -0.1) is 0 Å². The highest BCUT2D eigenvalue weighted by atomic mass is 79.9. The molecule has 0 fully saturated rings. The lowest BCUT2D eigenvalue weighted by Gasteiger charge is -2.10. The minimum Gasteiger partial charge on any atom is -0.383 e. The average molecular weight is 346 g/mol. The summed E-state index contributed by atoms with van der Waals surface area (Å²) in [5, 5.41) is 7.40. The SMILES string of the molecule is CCCCn1ncc(NCCCOCCC)c(Br)c1=O. The van der Waals surface area contributed by atoms with E-state index in [0.29, 0.717) is 11.0 Å². The average Bonchev–Trinajstić information content (AvgIpc) is 2.46. The van der Waals surface area contributed by atoms with Crippen LogP contribution in [0.2, 0.25) is 0 Å². The van der Waals surface area contributed by atoms with Crippen LogP contribution in [0.25, 0.3) is 0 Å². The molecule has 1 aromatic heterocycles. The second kappa shape index (κ2) is 9.94. The monoisotopic (exact) mass is 345 g/mol. The molecule has 1 rings (SSSR count). The van der Waals surface area contributed by atoms with Gasteiger partial charge < -0.3 is 10.1 Å². The van der Waals surface area contributed by atoms with Crippen molar-refractivity contribution in [3.05, 3.63) is 21.0 Å². The summed E-state index contributed by atoms with van der Waals surface area (Å²) >= 11 is 3.35. The van der Waals surface area contributed by atoms with Crippen molar-refractivity contribution < 1.29 is 4.74 Å². The van der Waals surface area contributed by atoms with Crippen molar-refractivity contribution in [1.29, 1.82) is 0 Å². The number of nitrogens with one attached hydrogen (secondary N) is 1. The van der Waals surface area contributed by atoms with Crippen molar-refractivity contribution in [2.24, 2.45) is 0 Å². The Balaban J connectivity index is 2.47. The Labute approximate surface area is 128 Å².